The molecular formula is C12H14FN5O. The molecule has 0 saturated carbocycles. The minimum absolute atomic E-state index is 0.0357. The van der Waals surface area contributed by atoms with Crippen molar-refractivity contribution in [3.63, 3.8) is 0 Å². The summed E-state index contributed by atoms with van der Waals surface area (Å²) in [6.07, 6.45) is 0. The number of aromatic nitrogens is 3. The first-order valence-corrected chi connectivity index (χ1v) is 5.76. The molecule has 0 spiro atoms. The fourth-order valence-corrected chi connectivity index (χ4v) is 1.42. The van der Waals surface area contributed by atoms with E-state index in [2.05, 4.69) is 20.3 Å². The minimum atomic E-state index is -0.308. The normalized spacial score (nSPS) is 10.3. The van der Waals surface area contributed by atoms with Gasteiger partial charge < -0.3 is 15.8 Å². The Morgan fingerprint density at radius 2 is 2.11 bits per heavy atom. The number of ether oxygens (including phenoxy) is 1. The van der Waals surface area contributed by atoms with Gasteiger partial charge in [0.1, 0.15) is 5.82 Å². The number of benzene rings is 1. The number of aryl methyl sites for hydroxylation is 1. The van der Waals surface area contributed by atoms with Crippen molar-refractivity contribution in [3.05, 3.63) is 29.6 Å². The van der Waals surface area contributed by atoms with Gasteiger partial charge in [-0.25, -0.2) is 4.39 Å². The van der Waals surface area contributed by atoms with Crippen LogP contribution < -0.4 is 15.8 Å². The van der Waals surface area contributed by atoms with Gasteiger partial charge in [-0.2, -0.15) is 15.0 Å². The second-order valence-electron chi connectivity index (χ2n) is 3.82. The maximum Gasteiger partial charge on any atom is 0.323 e. The van der Waals surface area contributed by atoms with Crippen molar-refractivity contribution in [2.24, 2.45) is 0 Å². The molecule has 0 unspecified atom stereocenters. The molecule has 1 aromatic heterocycles. The van der Waals surface area contributed by atoms with Crippen molar-refractivity contribution in [1.82, 2.24) is 15.0 Å². The Balaban J connectivity index is 2.24. The maximum atomic E-state index is 13.4. The van der Waals surface area contributed by atoms with Gasteiger partial charge in [0.05, 0.1) is 6.61 Å². The standard InChI is InChI=1S/C12H14FN5O/c1-3-19-12-17-10(14)16-11(18-12)15-8-5-4-7(2)9(13)6-8/h4-6H,3H2,1-2H3,(H3,14,15,16,17,18). The quantitative estimate of drug-likeness (QED) is 0.878. The lowest BCUT2D eigenvalue weighted by Gasteiger charge is -2.08. The summed E-state index contributed by atoms with van der Waals surface area (Å²) in [6, 6.07) is 4.87. The zero-order valence-electron chi connectivity index (χ0n) is 10.6. The molecule has 2 aromatic rings. The van der Waals surface area contributed by atoms with Crippen molar-refractivity contribution in [3.8, 4) is 6.01 Å². The van der Waals surface area contributed by atoms with Gasteiger partial charge in [-0.1, -0.05) is 6.07 Å². The summed E-state index contributed by atoms with van der Waals surface area (Å²) in [5.41, 5.74) is 6.63. The number of nitrogen functional groups attached to an aromatic ring is 1. The lowest BCUT2D eigenvalue weighted by molar-refractivity contribution is 0.312. The summed E-state index contributed by atoms with van der Waals surface area (Å²) in [5.74, 6) is -0.0650. The average Bonchev–Trinajstić information content (AvgIpc) is 2.33. The first kappa shape index (κ1) is 13.0. The third kappa shape index (κ3) is 3.27. The van der Waals surface area contributed by atoms with E-state index < -0.39 is 0 Å². The van der Waals surface area contributed by atoms with Crippen LogP contribution in [0.25, 0.3) is 0 Å². The van der Waals surface area contributed by atoms with Crippen LogP contribution in [0.5, 0.6) is 6.01 Å². The van der Waals surface area contributed by atoms with Crippen LogP contribution in [-0.2, 0) is 0 Å². The Hall–Kier alpha value is -2.44. The summed E-state index contributed by atoms with van der Waals surface area (Å²) < 4.78 is 18.6. The molecule has 0 fully saturated rings. The van der Waals surface area contributed by atoms with Crippen LogP contribution in [0.2, 0.25) is 0 Å². The lowest BCUT2D eigenvalue weighted by atomic mass is 10.2. The first-order chi connectivity index (χ1) is 9.08. The van der Waals surface area contributed by atoms with E-state index in [1.54, 1.807) is 19.1 Å². The van der Waals surface area contributed by atoms with Gasteiger partial charge in [0.15, 0.2) is 0 Å². The molecule has 0 radical (unpaired) electrons. The smallest absolute Gasteiger partial charge is 0.323 e. The highest BCUT2D eigenvalue weighted by molar-refractivity contribution is 5.54. The second-order valence-corrected chi connectivity index (χ2v) is 3.82. The first-order valence-electron chi connectivity index (χ1n) is 5.76. The predicted octanol–water partition coefficient (Wildman–Crippen LogP) is 2.04. The number of halogens is 1. The van der Waals surface area contributed by atoms with E-state index in [-0.39, 0.29) is 23.7 Å². The molecule has 100 valence electrons. The predicted molar refractivity (Wildman–Crippen MR) is 69.8 cm³/mol. The lowest BCUT2D eigenvalue weighted by Crippen LogP contribution is -2.06. The van der Waals surface area contributed by atoms with Crippen LogP contribution in [-0.4, -0.2) is 21.6 Å². The number of anilines is 3. The van der Waals surface area contributed by atoms with Gasteiger partial charge in [-0.15, -0.1) is 0 Å². The van der Waals surface area contributed by atoms with Gasteiger partial charge in [0.2, 0.25) is 11.9 Å². The van der Waals surface area contributed by atoms with Crippen molar-refractivity contribution in [1.29, 1.82) is 0 Å². The molecule has 1 heterocycles. The maximum absolute atomic E-state index is 13.4. The van der Waals surface area contributed by atoms with Crippen molar-refractivity contribution in [2.45, 2.75) is 13.8 Å². The molecule has 0 saturated heterocycles. The summed E-state index contributed by atoms with van der Waals surface area (Å²) >= 11 is 0. The Morgan fingerprint density at radius 3 is 2.79 bits per heavy atom. The van der Waals surface area contributed by atoms with Crippen LogP contribution in [0.15, 0.2) is 18.2 Å². The Kier molecular flexibility index (Phi) is 3.74. The molecule has 0 aliphatic rings. The average molecular weight is 263 g/mol. The third-order valence-electron chi connectivity index (χ3n) is 2.33. The van der Waals surface area contributed by atoms with Gasteiger partial charge in [-0.3, -0.25) is 0 Å². The SMILES string of the molecule is CCOc1nc(N)nc(Nc2ccc(C)c(F)c2)n1. The van der Waals surface area contributed by atoms with Crippen LogP contribution in [0.1, 0.15) is 12.5 Å². The summed E-state index contributed by atoms with van der Waals surface area (Å²) in [4.78, 5) is 11.7. The number of rotatable bonds is 4. The van der Waals surface area contributed by atoms with Crippen LogP contribution in [0.4, 0.5) is 22.0 Å². The largest absolute Gasteiger partial charge is 0.464 e. The fraction of sp³-hybridized carbons (Fsp3) is 0.250. The minimum Gasteiger partial charge on any atom is -0.464 e. The van der Waals surface area contributed by atoms with E-state index in [0.29, 0.717) is 17.9 Å². The topological polar surface area (TPSA) is 86.0 Å². The molecule has 1 aromatic carbocycles. The zero-order valence-corrected chi connectivity index (χ0v) is 10.6. The highest BCUT2D eigenvalue weighted by Gasteiger charge is 2.06. The zero-order chi connectivity index (χ0) is 13.8. The van der Waals surface area contributed by atoms with Crippen molar-refractivity contribution in [2.75, 3.05) is 17.7 Å². The van der Waals surface area contributed by atoms with E-state index in [4.69, 9.17) is 10.5 Å². The number of nitrogens with one attached hydrogen (secondary N) is 1. The molecule has 3 N–H and O–H groups in total. The molecule has 6 nitrogen and oxygen atoms in total. The highest BCUT2D eigenvalue weighted by Crippen LogP contribution is 2.18. The number of hydrogen-bond donors (Lipinski definition) is 2. The monoisotopic (exact) mass is 263 g/mol. The number of hydrogen-bond acceptors (Lipinski definition) is 6. The molecule has 19 heavy (non-hydrogen) atoms. The second kappa shape index (κ2) is 5.47. The van der Waals surface area contributed by atoms with E-state index >= 15 is 0 Å². The Bertz CT molecular complexity index is 590. The van der Waals surface area contributed by atoms with Crippen molar-refractivity contribution >= 4 is 17.6 Å². The molecule has 0 amide bonds. The molecule has 0 atom stereocenters. The van der Waals surface area contributed by atoms with Crippen LogP contribution in [0, 0.1) is 12.7 Å². The summed E-state index contributed by atoms with van der Waals surface area (Å²) in [7, 11) is 0. The fourth-order valence-electron chi connectivity index (χ4n) is 1.42. The van der Waals surface area contributed by atoms with E-state index in [0.717, 1.165) is 0 Å². The van der Waals surface area contributed by atoms with E-state index in [9.17, 15) is 4.39 Å². The molecule has 0 aliphatic carbocycles. The van der Waals surface area contributed by atoms with Gasteiger partial charge in [-0.05, 0) is 31.5 Å². The Labute approximate surface area is 109 Å². The van der Waals surface area contributed by atoms with Gasteiger partial charge >= 0.3 is 6.01 Å². The van der Waals surface area contributed by atoms with E-state index in [1.165, 1.54) is 6.07 Å². The number of nitrogens with zero attached hydrogens (tertiary/aromatic N) is 3. The molecule has 0 aliphatic heterocycles. The van der Waals surface area contributed by atoms with Crippen LogP contribution in [0.3, 0.4) is 0 Å². The summed E-state index contributed by atoms with van der Waals surface area (Å²) in [5, 5.41) is 2.85. The molecular weight excluding hydrogens is 249 g/mol. The molecule has 2 rings (SSSR count). The van der Waals surface area contributed by atoms with Gasteiger partial charge in [0.25, 0.3) is 0 Å². The molecule has 0 bridgehead atoms. The van der Waals surface area contributed by atoms with Crippen LogP contribution >= 0.6 is 0 Å². The Morgan fingerprint density at radius 1 is 1.32 bits per heavy atom. The third-order valence-corrected chi connectivity index (χ3v) is 2.33. The van der Waals surface area contributed by atoms with Crippen molar-refractivity contribution < 1.29 is 9.13 Å². The highest BCUT2D eigenvalue weighted by atomic mass is 19.1. The molecule has 7 heteroatoms. The van der Waals surface area contributed by atoms with E-state index in [1.807, 2.05) is 6.92 Å². The summed E-state index contributed by atoms with van der Waals surface area (Å²) in [6.45, 7) is 3.91. The van der Waals surface area contributed by atoms with Gasteiger partial charge in [0, 0.05) is 5.69 Å². The number of nitrogens with two attached hydrogens (primary N) is 1.